The van der Waals surface area contributed by atoms with Crippen LogP contribution in [0.2, 0.25) is 0 Å². The number of pyridine rings is 1. The minimum absolute atomic E-state index is 0.0398. The molecule has 0 radical (unpaired) electrons. The van der Waals surface area contributed by atoms with Crippen LogP contribution in [-0.4, -0.2) is 23.2 Å². The fourth-order valence-electron chi connectivity index (χ4n) is 1.13. The van der Waals surface area contributed by atoms with Crippen molar-refractivity contribution in [3.8, 4) is 0 Å². The molecule has 0 aliphatic carbocycles. The third-order valence-electron chi connectivity index (χ3n) is 1.74. The van der Waals surface area contributed by atoms with Crippen LogP contribution in [0.5, 0.6) is 0 Å². The van der Waals surface area contributed by atoms with Crippen molar-refractivity contribution in [1.29, 1.82) is 0 Å². The number of aliphatic hydroxyl groups excluding tert-OH is 1. The van der Waals surface area contributed by atoms with Crippen LogP contribution in [0.15, 0.2) is 24.5 Å². The quantitative estimate of drug-likeness (QED) is 0.693. The summed E-state index contributed by atoms with van der Waals surface area (Å²) in [5, 5.41) is 12.2. The number of rotatable bonds is 4. The first-order valence-electron chi connectivity index (χ1n) is 4.12. The highest BCUT2D eigenvalue weighted by molar-refractivity contribution is 5.14. The molecule has 0 saturated heterocycles. The maximum Gasteiger partial charge on any atom is 0.0626 e. The van der Waals surface area contributed by atoms with Crippen molar-refractivity contribution in [2.45, 2.75) is 13.0 Å². The molecule has 1 aromatic rings. The van der Waals surface area contributed by atoms with Crippen molar-refractivity contribution < 1.29 is 5.11 Å². The van der Waals surface area contributed by atoms with E-state index in [2.05, 4.69) is 10.3 Å². The average molecular weight is 166 g/mol. The van der Waals surface area contributed by atoms with E-state index in [0.717, 1.165) is 12.1 Å². The topological polar surface area (TPSA) is 45.1 Å². The highest BCUT2D eigenvalue weighted by atomic mass is 16.3. The summed E-state index contributed by atoms with van der Waals surface area (Å²) in [6.45, 7) is 3.00. The third-order valence-corrected chi connectivity index (χ3v) is 1.74. The summed E-state index contributed by atoms with van der Waals surface area (Å²) in [6.07, 6.45) is 3.46. The van der Waals surface area contributed by atoms with Gasteiger partial charge in [0.15, 0.2) is 0 Å². The molecule has 2 N–H and O–H groups in total. The number of aromatic nitrogens is 1. The number of nitrogens with one attached hydrogen (secondary N) is 1. The first-order chi connectivity index (χ1) is 5.88. The van der Waals surface area contributed by atoms with Gasteiger partial charge >= 0.3 is 0 Å². The van der Waals surface area contributed by atoms with E-state index in [4.69, 9.17) is 5.11 Å². The molecule has 1 unspecified atom stereocenters. The van der Waals surface area contributed by atoms with Crippen molar-refractivity contribution in [3.63, 3.8) is 0 Å². The van der Waals surface area contributed by atoms with Gasteiger partial charge < -0.3 is 10.4 Å². The van der Waals surface area contributed by atoms with Gasteiger partial charge in [-0.25, -0.2) is 0 Å². The van der Waals surface area contributed by atoms with Crippen molar-refractivity contribution >= 4 is 0 Å². The van der Waals surface area contributed by atoms with E-state index in [9.17, 15) is 0 Å². The lowest BCUT2D eigenvalue weighted by Crippen LogP contribution is -2.23. The summed E-state index contributed by atoms with van der Waals surface area (Å²) < 4.78 is 0. The SMILES string of the molecule is CCNC(CO)c1ccncc1. The van der Waals surface area contributed by atoms with Gasteiger partial charge in [0.2, 0.25) is 0 Å². The van der Waals surface area contributed by atoms with E-state index in [1.807, 2.05) is 19.1 Å². The molecule has 0 saturated carbocycles. The van der Waals surface area contributed by atoms with Crippen LogP contribution in [-0.2, 0) is 0 Å². The number of hydrogen-bond donors (Lipinski definition) is 2. The van der Waals surface area contributed by atoms with Crippen LogP contribution in [0.4, 0.5) is 0 Å². The highest BCUT2D eigenvalue weighted by Gasteiger charge is 2.06. The van der Waals surface area contributed by atoms with Crippen LogP contribution >= 0.6 is 0 Å². The summed E-state index contributed by atoms with van der Waals surface area (Å²) in [7, 11) is 0. The molecule has 0 aliphatic heterocycles. The molecule has 1 aromatic heterocycles. The second-order valence-electron chi connectivity index (χ2n) is 2.57. The van der Waals surface area contributed by atoms with Crippen molar-refractivity contribution in [1.82, 2.24) is 10.3 Å². The van der Waals surface area contributed by atoms with Gasteiger partial charge in [-0.2, -0.15) is 0 Å². The van der Waals surface area contributed by atoms with Gasteiger partial charge in [-0.1, -0.05) is 6.92 Å². The van der Waals surface area contributed by atoms with Crippen LogP contribution in [0.1, 0.15) is 18.5 Å². The molecule has 1 rings (SSSR count). The Morgan fingerprint density at radius 2 is 2.17 bits per heavy atom. The smallest absolute Gasteiger partial charge is 0.0626 e. The molecule has 1 heterocycles. The second-order valence-corrected chi connectivity index (χ2v) is 2.57. The molecular weight excluding hydrogens is 152 g/mol. The van der Waals surface area contributed by atoms with Gasteiger partial charge in [-0.3, -0.25) is 4.98 Å². The molecule has 0 bridgehead atoms. The summed E-state index contributed by atoms with van der Waals surface area (Å²) in [5.74, 6) is 0. The number of hydrogen-bond acceptors (Lipinski definition) is 3. The van der Waals surface area contributed by atoms with E-state index >= 15 is 0 Å². The molecule has 3 nitrogen and oxygen atoms in total. The largest absolute Gasteiger partial charge is 0.394 e. The minimum atomic E-state index is 0.0398. The average Bonchev–Trinajstić information content (AvgIpc) is 2.15. The fourth-order valence-corrected chi connectivity index (χ4v) is 1.13. The van der Waals surface area contributed by atoms with Crippen LogP contribution in [0, 0.1) is 0 Å². The monoisotopic (exact) mass is 166 g/mol. The molecule has 0 fully saturated rings. The molecule has 3 heteroatoms. The molecule has 0 aromatic carbocycles. The Morgan fingerprint density at radius 1 is 1.50 bits per heavy atom. The van der Waals surface area contributed by atoms with Crippen LogP contribution in [0.3, 0.4) is 0 Å². The Bertz CT molecular complexity index is 213. The van der Waals surface area contributed by atoms with Crippen molar-refractivity contribution in [2.75, 3.05) is 13.2 Å². The summed E-state index contributed by atoms with van der Waals surface area (Å²) in [4.78, 5) is 3.91. The van der Waals surface area contributed by atoms with Gasteiger partial charge in [-0.15, -0.1) is 0 Å². The van der Waals surface area contributed by atoms with Gasteiger partial charge in [-0.05, 0) is 24.2 Å². The van der Waals surface area contributed by atoms with Gasteiger partial charge in [0.05, 0.1) is 12.6 Å². The zero-order valence-electron chi connectivity index (χ0n) is 7.20. The standard InChI is InChI=1S/C9H14N2O/c1-2-11-9(7-12)8-3-5-10-6-4-8/h3-6,9,11-12H,2,7H2,1H3. The summed E-state index contributed by atoms with van der Waals surface area (Å²) in [5.41, 5.74) is 1.08. The molecule has 0 aliphatic rings. The molecule has 1 atom stereocenters. The molecule has 12 heavy (non-hydrogen) atoms. The summed E-state index contributed by atoms with van der Waals surface area (Å²) in [6, 6.07) is 3.85. The molecular formula is C9H14N2O. The van der Waals surface area contributed by atoms with Gasteiger partial charge in [0.25, 0.3) is 0 Å². The van der Waals surface area contributed by atoms with Gasteiger partial charge in [0.1, 0.15) is 0 Å². The lowest BCUT2D eigenvalue weighted by molar-refractivity contribution is 0.246. The maximum absolute atomic E-state index is 9.03. The van der Waals surface area contributed by atoms with E-state index < -0.39 is 0 Å². The zero-order chi connectivity index (χ0) is 8.81. The van der Waals surface area contributed by atoms with Crippen molar-refractivity contribution in [3.05, 3.63) is 30.1 Å². The summed E-state index contributed by atoms with van der Waals surface area (Å²) >= 11 is 0. The first-order valence-corrected chi connectivity index (χ1v) is 4.12. The maximum atomic E-state index is 9.03. The Balaban J connectivity index is 2.66. The van der Waals surface area contributed by atoms with E-state index in [0.29, 0.717) is 0 Å². The van der Waals surface area contributed by atoms with Crippen LogP contribution in [0.25, 0.3) is 0 Å². The first kappa shape index (κ1) is 9.16. The van der Waals surface area contributed by atoms with Gasteiger partial charge in [0, 0.05) is 12.4 Å². The Morgan fingerprint density at radius 3 is 2.67 bits per heavy atom. The number of aliphatic hydroxyl groups is 1. The molecule has 0 spiro atoms. The number of likely N-dealkylation sites (N-methyl/N-ethyl adjacent to an activating group) is 1. The minimum Gasteiger partial charge on any atom is -0.394 e. The third kappa shape index (κ3) is 2.29. The van der Waals surface area contributed by atoms with E-state index in [1.165, 1.54) is 0 Å². The predicted molar refractivity (Wildman–Crippen MR) is 47.7 cm³/mol. The fraction of sp³-hybridized carbons (Fsp3) is 0.444. The Labute approximate surface area is 72.5 Å². The van der Waals surface area contributed by atoms with E-state index in [-0.39, 0.29) is 12.6 Å². The van der Waals surface area contributed by atoms with E-state index in [1.54, 1.807) is 12.4 Å². The second kappa shape index (κ2) is 4.85. The van der Waals surface area contributed by atoms with Crippen LogP contribution < -0.4 is 5.32 Å². The predicted octanol–water partition coefficient (Wildman–Crippen LogP) is 0.724. The molecule has 66 valence electrons. The normalized spacial score (nSPS) is 12.8. The lowest BCUT2D eigenvalue weighted by Gasteiger charge is -2.14. The number of nitrogens with zero attached hydrogens (tertiary/aromatic N) is 1. The molecule has 0 amide bonds. The highest BCUT2D eigenvalue weighted by Crippen LogP contribution is 2.09. The van der Waals surface area contributed by atoms with Crippen molar-refractivity contribution in [2.24, 2.45) is 0 Å². The Kier molecular flexibility index (Phi) is 3.70. The Hall–Kier alpha value is -0.930. The lowest BCUT2D eigenvalue weighted by atomic mass is 10.1. The zero-order valence-corrected chi connectivity index (χ0v) is 7.20.